The minimum atomic E-state index is 0.216. The van der Waals surface area contributed by atoms with E-state index in [2.05, 4.69) is 24.3 Å². The third-order valence-electron chi connectivity index (χ3n) is 5.53. The molecule has 2 heterocycles. The lowest BCUT2D eigenvalue weighted by molar-refractivity contribution is 0.263. The van der Waals surface area contributed by atoms with Crippen LogP contribution in [0.15, 0.2) is 84.9 Å². The van der Waals surface area contributed by atoms with Crippen molar-refractivity contribution in [1.82, 2.24) is 0 Å². The van der Waals surface area contributed by atoms with Gasteiger partial charge in [-0.1, -0.05) is 36.4 Å². The van der Waals surface area contributed by atoms with Gasteiger partial charge in [0.05, 0.1) is 13.2 Å². The summed E-state index contributed by atoms with van der Waals surface area (Å²) in [5, 5.41) is 20.1. The number of aromatic hydroxyl groups is 2. The Morgan fingerprint density at radius 3 is 1.38 bits per heavy atom. The van der Waals surface area contributed by atoms with Crippen LogP contribution in [0.4, 0.5) is 0 Å². The number of hydrogen-bond acceptors (Lipinski definition) is 6. The zero-order chi connectivity index (χ0) is 23.3. The van der Waals surface area contributed by atoms with Gasteiger partial charge in [-0.25, -0.2) is 0 Å². The monoisotopic (exact) mass is 458 g/mol. The van der Waals surface area contributed by atoms with E-state index in [0.717, 1.165) is 46.6 Å². The van der Waals surface area contributed by atoms with Gasteiger partial charge in [-0.3, -0.25) is 0 Å². The van der Waals surface area contributed by atoms with Crippen molar-refractivity contribution in [2.45, 2.75) is 12.2 Å². The molecule has 2 atom stereocenters. The van der Waals surface area contributed by atoms with Crippen molar-refractivity contribution in [3.05, 3.63) is 84.9 Å². The Morgan fingerprint density at radius 1 is 0.588 bits per heavy atom. The Hall–Kier alpha value is -3.74. The van der Waals surface area contributed by atoms with Crippen molar-refractivity contribution in [2.24, 2.45) is 0 Å². The number of fused-ring (bicyclic) bond motifs is 1. The van der Waals surface area contributed by atoms with Gasteiger partial charge in [-0.2, -0.15) is 0 Å². The lowest BCUT2D eigenvalue weighted by Crippen LogP contribution is -2.03. The molecule has 0 amide bonds. The molecule has 6 nitrogen and oxygen atoms in total. The fraction of sp³-hybridized carbons (Fsp3) is 0.214. The zero-order valence-electron chi connectivity index (χ0n) is 18.6. The molecule has 2 unspecified atom stereocenters. The lowest BCUT2D eigenvalue weighted by atomic mass is 10.1. The van der Waals surface area contributed by atoms with Gasteiger partial charge in [0.1, 0.15) is 48.4 Å². The molecule has 0 spiro atoms. The van der Waals surface area contributed by atoms with E-state index in [1.54, 1.807) is 24.3 Å². The van der Waals surface area contributed by atoms with Gasteiger partial charge in [-0.15, -0.1) is 0 Å². The number of epoxide rings is 2. The maximum Gasteiger partial charge on any atom is 0.119 e. The van der Waals surface area contributed by atoms with E-state index in [1.165, 1.54) is 0 Å². The van der Waals surface area contributed by atoms with Crippen LogP contribution in [0.25, 0.3) is 21.9 Å². The summed E-state index contributed by atoms with van der Waals surface area (Å²) in [5.74, 6) is 2.19. The number of benzene rings is 4. The largest absolute Gasteiger partial charge is 0.508 e. The molecule has 6 rings (SSSR count). The van der Waals surface area contributed by atoms with Crippen LogP contribution < -0.4 is 9.47 Å². The van der Waals surface area contributed by atoms with Gasteiger partial charge in [0, 0.05) is 0 Å². The highest BCUT2D eigenvalue weighted by Crippen LogP contribution is 2.26. The lowest BCUT2D eigenvalue weighted by Gasteiger charge is -2.08. The molecular weight excluding hydrogens is 432 g/mol. The van der Waals surface area contributed by atoms with Crippen molar-refractivity contribution in [1.29, 1.82) is 0 Å². The second-order valence-electron chi connectivity index (χ2n) is 8.30. The first-order valence-electron chi connectivity index (χ1n) is 11.2. The average molecular weight is 459 g/mol. The quantitative estimate of drug-likeness (QED) is 0.372. The maximum absolute atomic E-state index is 9.14. The minimum Gasteiger partial charge on any atom is -0.508 e. The zero-order valence-corrected chi connectivity index (χ0v) is 18.6. The van der Waals surface area contributed by atoms with Crippen LogP contribution in [-0.2, 0) is 9.47 Å². The first kappa shape index (κ1) is 22.1. The van der Waals surface area contributed by atoms with Crippen LogP contribution in [0.5, 0.6) is 23.0 Å². The van der Waals surface area contributed by atoms with E-state index in [4.69, 9.17) is 29.2 Å². The topological polar surface area (TPSA) is 84.0 Å². The third kappa shape index (κ3) is 6.19. The highest BCUT2D eigenvalue weighted by atomic mass is 16.6. The van der Waals surface area contributed by atoms with E-state index in [9.17, 15) is 0 Å². The smallest absolute Gasteiger partial charge is 0.119 e. The van der Waals surface area contributed by atoms with Crippen molar-refractivity contribution < 1.29 is 29.2 Å². The van der Waals surface area contributed by atoms with E-state index < -0.39 is 0 Å². The fourth-order valence-electron chi connectivity index (χ4n) is 3.42. The number of ether oxygens (including phenoxy) is 4. The van der Waals surface area contributed by atoms with Crippen LogP contribution in [0.1, 0.15) is 0 Å². The van der Waals surface area contributed by atoms with Crippen LogP contribution in [0.2, 0.25) is 0 Å². The van der Waals surface area contributed by atoms with E-state index in [1.807, 2.05) is 36.4 Å². The van der Waals surface area contributed by atoms with Gasteiger partial charge in [0.2, 0.25) is 0 Å². The van der Waals surface area contributed by atoms with Gasteiger partial charge >= 0.3 is 0 Å². The summed E-state index contributed by atoms with van der Waals surface area (Å²) in [4.78, 5) is 0. The second-order valence-corrected chi connectivity index (χ2v) is 8.30. The van der Waals surface area contributed by atoms with E-state index >= 15 is 0 Å². The Morgan fingerprint density at radius 2 is 1.00 bits per heavy atom. The summed E-state index contributed by atoms with van der Waals surface area (Å²) in [7, 11) is 0. The molecule has 2 fully saturated rings. The molecule has 4 aromatic rings. The van der Waals surface area contributed by atoms with Crippen molar-refractivity contribution in [3.8, 4) is 34.1 Å². The Kier molecular flexibility index (Phi) is 6.51. The van der Waals surface area contributed by atoms with E-state index in [0.29, 0.717) is 13.2 Å². The van der Waals surface area contributed by atoms with Crippen LogP contribution in [0.3, 0.4) is 0 Å². The first-order valence-corrected chi connectivity index (χ1v) is 11.2. The Balaban J connectivity index is 0.000000169. The molecule has 34 heavy (non-hydrogen) atoms. The Bertz CT molecular complexity index is 1130. The summed E-state index contributed by atoms with van der Waals surface area (Å²) in [6.45, 7) is 2.91. The molecule has 0 saturated carbocycles. The molecule has 4 aromatic carbocycles. The predicted octanol–water partition coefficient (Wildman–Crippen LogP) is 5.16. The molecule has 0 aromatic heterocycles. The first-order chi connectivity index (χ1) is 16.6. The SMILES string of the molecule is Oc1ccc2ccc(O)cc2c1.c1cc(-c2ccc(OCC3CO3)cc2)ccc1OCC1CO1. The molecule has 2 aliphatic rings. The molecule has 2 N–H and O–H groups in total. The third-order valence-corrected chi connectivity index (χ3v) is 5.53. The summed E-state index contributed by atoms with van der Waals surface area (Å²) in [5.41, 5.74) is 2.32. The number of phenols is 2. The van der Waals surface area contributed by atoms with Crippen LogP contribution >= 0.6 is 0 Å². The highest BCUT2D eigenvalue weighted by molar-refractivity contribution is 5.85. The van der Waals surface area contributed by atoms with Crippen molar-refractivity contribution in [3.63, 3.8) is 0 Å². The van der Waals surface area contributed by atoms with Gasteiger partial charge in [0.15, 0.2) is 0 Å². The van der Waals surface area contributed by atoms with Gasteiger partial charge in [0.25, 0.3) is 0 Å². The normalized spacial score (nSPS) is 18.0. The predicted molar refractivity (Wildman–Crippen MR) is 130 cm³/mol. The van der Waals surface area contributed by atoms with Crippen LogP contribution in [-0.4, -0.2) is 48.8 Å². The highest BCUT2D eigenvalue weighted by Gasteiger charge is 2.23. The number of hydrogen-bond donors (Lipinski definition) is 2. The molecule has 6 heteroatoms. The summed E-state index contributed by atoms with van der Waals surface area (Å²) in [6, 6.07) is 26.3. The molecule has 2 aliphatic heterocycles. The number of phenolic OH excluding ortho intramolecular Hbond substituents is 2. The molecule has 0 radical (unpaired) electrons. The minimum absolute atomic E-state index is 0.216. The summed E-state index contributed by atoms with van der Waals surface area (Å²) < 4.78 is 21.5. The maximum atomic E-state index is 9.14. The molecule has 0 aliphatic carbocycles. The molecule has 2 saturated heterocycles. The molecular formula is C28H26O6. The van der Waals surface area contributed by atoms with E-state index in [-0.39, 0.29) is 23.7 Å². The van der Waals surface area contributed by atoms with Crippen molar-refractivity contribution >= 4 is 10.8 Å². The molecule has 0 bridgehead atoms. The second kappa shape index (κ2) is 10.0. The van der Waals surface area contributed by atoms with Gasteiger partial charge in [-0.05, 0) is 70.4 Å². The standard InChI is InChI=1S/C18H18O4.C10H8O2/c1-5-15(19-9-17-11-21-17)6-2-13(1)14-3-7-16(8-4-14)20-10-18-12-22-18;11-9-3-1-7-2-4-10(12)6-8(7)5-9/h1-8,17-18H,9-12H2;1-6,11-12H. The summed E-state index contributed by atoms with van der Waals surface area (Å²) in [6.07, 6.45) is 0.571. The Labute approximate surface area is 197 Å². The van der Waals surface area contributed by atoms with Crippen LogP contribution in [0, 0.1) is 0 Å². The number of rotatable bonds is 7. The summed E-state index contributed by atoms with van der Waals surface area (Å²) >= 11 is 0. The average Bonchev–Trinajstić information content (AvgIpc) is 3.78. The molecule has 174 valence electrons. The van der Waals surface area contributed by atoms with Gasteiger partial charge < -0.3 is 29.2 Å². The fourth-order valence-corrected chi connectivity index (χ4v) is 3.42. The van der Waals surface area contributed by atoms with Crippen molar-refractivity contribution in [2.75, 3.05) is 26.4 Å².